The van der Waals surface area contributed by atoms with E-state index in [1.54, 1.807) is 18.2 Å². The second-order valence-corrected chi connectivity index (χ2v) is 8.58. The number of nitrogen functional groups attached to an aromatic ring is 1. The molecule has 3 N–H and O–H groups in total. The molecule has 2 aromatic rings. The molecule has 0 spiro atoms. The van der Waals surface area contributed by atoms with Gasteiger partial charge in [0, 0.05) is 29.5 Å². The Morgan fingerprint density at radius 3 is 2.26 bits per heavy atom. The SMILES string of the molecule is C[C@@H]1C[C@H](C)CN(c2ccc(N)cc2C(=O)Nc2c(Cl)cc(Cl)cc2Cl)C1. The topological polar surface area (TPSA) is 58.4 Å². The van der Waals surface area contributed by atoms with Crippen LogP contribution in [0.15, 0.2) is 30.3 Å². The summed E-state index contributed by atoms with van der Waals surface area (Å²) in [5.41, 5.74) is 8.17. The fourth-order valence-corrected chi connectivity index (χ4v) is 4.62. The number of hydrogen-bond acceptors (Lipinski definition) is 3. The number of hydrogen-bond donors (Lipinski definition) is 2. The fourth-order valence-electron chi connectivity index (χ4n) is 3.71. The highest BCUT2D eigenvalue weighted by Gasteiger charge is 2.26. The number of piperidine rings is 1. The predicted molar refractivity (Wildman–Crippen MR) is 115 cm³/mol. The Kier molecular flexibility index (Phi) is 6.09. The minimum Gasteiger partial charge on any atom is -0.399 e. The molecular formula is C20H22Cl3N3O. The first-order valence-corrected chi connectivity index (χ1v) is 9.98. The number of anilines is 3. The normalized spacial score (nSPS) is 19.8. The van der Waals surface area contributed by atoms with Crippen molar-refractivity contribution in [3.05, 3.63) is 51.0 Å². The quantitative estimate of drug-likeness (QED) is 0.595. The summed E-state index contributed by atoms with van der Waals surface area (Å²) in [6.07, 6.45) is 1.18. The molecule has 1 saturated heterocycles. The van der Waals surface area contributed by atoms with Crippen molar-refractivity contribution < 1.29 is 4.79 Å². The zero-order valence-electron chi connectivity index (χ0n) is 15.2. The molecule has 7 heteroatoms. The first-order valence-electron chi connectivity index (χ1n) is 8.85. The monoisotopic (exact) mass is 425 g/mol. The summed E-state index contributed by atoms with van der Waals surface area (Å²) < 4.78 is 0. The molecule has 3 rings (SSSR count). The van der Waals surface area contributed by atoms with E-state index in [1.807, 2.05) is 12.1 Å². The van der Waals surface area contributed by atoms with Crippen LogP contribution >= 0.6 is 34.8 Å². The molecule has 0 aromatic heterocycles. The molecule has 0 radical (unpaired) electrons. The molecule has 144 valence electrons. The van der Waals surface area contributed by atoms with Crippen LogP contribution in [0.4, 0.5) is 17.1 Å². The van der Waals surface area contributed by atoms with Gasteiger partial charge in [-0.15, -0.1) is 0 Å². The van der Waals surface area contributed by atoms with Gasteiger partial charge in [-0.1, -0.05) is 48.7 Å². The highest BCUT2D eigenvalue weighted by molar-refractivity contribution is 6.42. The molecule has 0 saturated carbocycles. The van der Waals surface area contributed by atoms with E-state index in [-0.39, 0.29) is 16.0 Å². The van der Waals surface area contributed by atoms with Crippen LogP contribution < -0.4 is 16.0 Å². The summed E-state index contributed by atoms with van der Waals surface area (Å²) in [6.45, 7) is 6.26. The number of carbonyl (C=O) groups excluding carboxylic acids is 1. The van der Waals surface area contributed by atoms with E-state index in [9.17, 15) is 4.79 Å². The number of benzene rings is 2. The van der Waals surface area contributed by atoms with E-state index in [0.717, 1.165) is 18.8 Å². The van der Waals surface area contributed by atoms with E-state index in [2.05, 4.69) is 24.1 Å². The van der Waals surface area contributed by atoms with Crippen molar-refractivity contribution in [2.45, 2.75) is 20.3 Å². The Morgan fingerprint density at radius 2 is 1.67 bits per heavy atom. The molecule has 1 amide bonds. The lowest BCUT2D eigenvalue weighted by molar-refractivity contribution is 0.102. The van der Waals surface area contributed by atoms with Gasteiger partial charge in [0.15, 0.2) is 0 Å². The first-order chi connectivity index (χ1) is 12.7. The number of carbonyl (C=O) groups is 1. The molecule has 1 fully saturated rings. The fraction of sp³-hybridized carbons (Fsp3) is 0.350. The lowest BCUT2D eigenvalue weighted by atomic mass is 9.91. The van der Waals surface area contributed by atoms with Crippen LogP contribution in [-0.2, 0) is 0 Å². The molecule has 2 atom stereocenters. The zero-order valence-corrected chi connectivity index (χ0v) is 17.5. The van der Waals surface area contributed by atoms with Crippen LogP contribution in [0.5, 0.6) is 0 Å². The summed E-state index contributed by atoms with van der Waals surface area (Å²) in [7, 11) is 0. The smallest absolute Gasteiger partial charge is 0.257 e. The van der Waals surface area contributed by atoms with Crippen LogP contribution in [0.2, 0.25) is 15.1 Å². The number of nitrogens with two attached hydrogens (primary N) is 1. The van der Waals surface area contributed by atoms with Gasteiger partial charge in [0.1, 0.15) is 0 Å². The van der Waals surface area contributed by atoms with Crippen LogP contribution in [0.25, 0.3) is 0 Å². The third-order valence-corrected chi connectivity index (χ3v) is 5.53. The lowest BCUT2D eigenvalue weighted by Gasteiger charge is -2.37. The average molecular weight is 427 g/mol. The summed E-state index contributed by atoms with van der Waals surface area (Å²) in [5.74, 6) is 0.805. The van der Waals surface area contributed by atoms with Crippen molar-refractivity contribution in [3.8, 4) is 0 Å². The van der Waals surface area contributed by atoms with Crippen molar-refractivity contribution in [1.29, 1.82) is 0 Å². The Hall–Kier alpha value is -1.62. The third kappa shape index (κ3) is 4.63. The van der Waals surface area contributed by atoms with Gasteiger partial charge in [0.2, 0.25) is 0 Å². The minimum atomic E-state index is -0.311. The van der Waals surface area contributed by atoms with Gasteiger partial charge in [-0.25, -0.2) is 0 Å². The van der Waals surface area contributed by atoms with Gasteiger partial charge in [0.05, 0.1) is 21.3 Å². The van der Waals surface area contributed by atoms with Gasteiger partial charge in [-0.05, 0) is 48.6 Å². The highest BCUT2D eigenvalue weighted by Crippen LogP contribution is 2.35. The van der Waals surface area contributed by atoms with Crippen molar-refractivity contribution in [1.82, 2.24) is 0 Å². The largest absolute Gasteiger partial charge is 0.399 e. The molecule has 0 unspecified atom stereocenters. The van der Waals surface area contributed by atoms with E-state index in [1.165, 1.54) is 6.42 Å². The summed E-state index contributed by atoms with van der Waals surface area (Å²) in [6, 6.07) is 8.49. The van der Waals surface area contributed by atoms with Crippen LogP contribution in [0, 0.1) is 11.8 Å². The maximum Gasteiger partial charge on any atom is 0.257 e. The number of nitrogens with one attached hydrogen (secondary N) is 1. The van der Waals surface area contributed by atoms with Gasteiger partial charge in [-0.3, -0.25) is 4.79 Å². The van der Waals surface area contributed by atoms with E-state index in [4.69, 9.17) is 40.5 Å². The molecule has 1 aliphatic rings. The molecule has 0 aliphatic carbocycles. The maximum atomic E-state index is 13.0. The van der Waals surface area contributed by atoms with Crippen molar-refractivity contribution in [3.63, 3.8) is 0 Å². The molecule has 4 nitrogen and oxygen atoms in total. The molecule has 1 aliphatic heterocycles. The number of rotatable bonds is 3. The van der Waals surface area contributed by atoms with Gasteiger partial charge < -0.3 is 16.0 Å². The van der Waals surface area contributed by atoms with Gasteiger partial charge in [0.25, 0.3) is 5.91 Å². The van der Waals surface area contributed by atoms with Crippen molar-refractivity contribution >= 4 is 57.8 Å². The van der Waals surface area contributed by atoms with Crippen molar-refractivity contribution in [2.75, 3.05) is 29.0 Å². The Bertz CT molecular complexity index is 839. The summed E-state index contributed by atoms with van der Waals surface area (Å²) >= 11 is 18.4. The summed E-state index contributed by atoms with van der Waals surface area (Å²) in [4.78, 5) is 15.3. The van der Waals surface area contributed by atoms with Gasteiger partial charge in [-0.2, -0.15) is 0 Å². The standard InChI is InChI=1S/C20H22Cl3N3O/c1-11-5-12(2)10-26(9-11)18-4-3-14(24)8-15(18)20(27)25-19-16(22)6-13(21)7-17(19)23/h3-4,6-8,11-12H,5,9-10,24H2,1-2H3,(H,25,27)/t11-,12+. The Morgan fingerprint density at radius 1 is 1.07 bits per heavy atom. The Labute approximate surface area is 174 Å². The minimum absolute atomic E-state index is 0.284. The van der Waals surface area contributed by atoms with E-state index >= 15 is 0 Å². The predicted octanol–water partition coefficient (Wildman–Crippen LogP) is 5.96. The average Bonchev–Trinajstić information content (AvgIpc) is 2.56. The Balaban J connectivity index is 1.94. The number of halogens is 3. The molecule has 1 heterocycles. The molecule has 27 heavy (non-hydrogen) atoms. The van der Waals surface area contributed by atoms with E-state index < -0.39 is 0 Å². The first kappa shape index (κ1) is 20.1. The second kappa shape index (κ2) is 8.17. The zero-order chi connectivity index (χ0) is 19.7. The lowest BCUT2D eigenvalue weighted by Crippen LogP contribution is -2.39. The second-order valence-electron chi connectivity index (χ2n) is 7.33. The van der Waals surface area contributed by atoms with Crippen LogP contribution in [-0.4, -0.2) is 19.0 Å². The van der Waals surface area contributed by atoms with Crippen molar-refractivity contribution in [2.24, 2.45) is 11.8 Å². The maximum absolute atomic E-state index is 13.0. The summed E-state index contributed by atoms with van der Waals surface area (Å²) in [5, 5.41) is 3.78. The number of amides is 1. The third-order valence-electron chi connectivity index (χ3n) is 4.72. The van der Waals surface area contributed by atoms with Crippen LogP contribution in [0.1, 0.15) is 30.6 Å². The van der Waals surface area contributed by atoms with E-state index in [0.29, 0.717) is 33.8 Å². The molecule has 2 aromatic carbocycles. The van der Waals surface area contributed by atoms with Gasteiger partial charge >= 0.3 is 0 Å². The highest BCUT2D eigenvalue weighted by atomic mass is 35.5. The molecule has 0 bridgehead atoms. The molecular weight excluding hydrogens is 405 g/mol. The van der Waals surface area contributed by atoms with Crippen LogP contribution in [0.3, 0.4) is 0 Å². The number of nitrogens with zero attached hydrogens (tertiary/aromatic N) is 1.